The van der Waals surface area contributed by atoms with Crippen molar-refractivity contribution in [2.24, 2.45) is 0 Å². The molecular formula is C20H20ClN5O5S. The maximum Gasteiger partial charge on any atom is 0.273 e. The van der Waals surface area contributed by atoms with Crippen molar-refractivity contribution in [2.75, 3.05) is 25.3 Å². The number of ether oxygens (including phenoxy) is 2. The lowest BCUT2D eigenvalue weighted by Crippen LogP contribution is -2.15. The molecule has 0 radical (unpaired) electrons. The van der Waals surface area contributed by atoms with E-state index in [1.807, 2.05) is 11.5 Å². The summed E-state index contributed by atoms with van der Waals surface area (Å²) in [5.41, 5.74) is 0.903. The maximum absolute atomic E-state index is 12.5. The van der Waals surface area contributed by atoms with Crippen LogP contribution in [-0.4, -0.2) is 45.6 Å². The van der Waals surface area contributed by atoms with Crippen LogP contribution in [-0.2, 0) is 11.3 Å². The number of benzene rings is 2. The number of anilines is 1. The molecule has 0 saturated heterocycles. The fraction of sp³-hybridized carbons (Fsp3) is 0.250. The van der Waals surface area contributed by atoms with Crippen LogP contribution in [0.1, 0.15) is 6.92 Å². The zero-order valence-corrected chi connectivity index (χ0v) is 19.1. The van der Waals surface area contributed by atoms with E-state index in [-0.39, 0.29) is 23.1 Å². The van der Waals surface area contributed by atoms with Crippen LogP contribution in [0.15, 0.2) is 41.6 Å². The summed E-state index contributed by atoms with van der Waals surface area (Å²) in [6, 6.07) is 9.20. The minimum Gasteiger partial charge on any atom is -0.496 e. The highest BCUT2D eigenvalue weighted by Crippen LogP contribution is 2.33. The highest BCUT2D eigenvalue weighted by Gasteiger charge is 2.19. The molecule has 3 rings (SSSR count). The summed E-state index contributed by atoms with van der Waals surface area (Å²) >= 11 is 7.35. The van der Waals surface area contributed by atoms with Gasteiger partial charge in [0.1, 0.15) is 11.5 Å². The number of nitrogens with zero attached hydrogens (tertiary/aromatic N) is 4. The molecule has 0 spiro atoms. The topological polar surface area (TPSA) is 121 Å². The highest BCUT2D eigenvalue weighted by atomic mass is 35.5. The van der Waals surface area contributed by atoms with Crippen molar-refractivity contribution in [3.05, 3.63) is 51.5 Å². The molecule has 2 aromatic carbocycles. The number of non-ortho nitro benzene ring substituents is 1. The number of rotatable bonds is 9. The van der Waals surface area contributed by atoms with Crippen LogP contribution in [0.3, 0.4) is 0 Å². The first-order valence-electron chi connectivity index (χ1n) is 9.40. The van der Waals surface area contributed by atoms with E-state index in [1.165, 1.54) is 37.1 Å². The average molecular weight is 478 g/mol. The Balaban J connectivity index is 1.75. The summed E-state index contributed by atoms with van der Waals surface area (Å²) in [5.74, 6) is 1.10. The molecule has 0 aliphatic heterocycles. The molecule has 0 fully saturated rings. The van der Waals surface area contributed by atoms with Gasteiger partial charge in [0.05, 0.1) is 42.2 Å². The Labute approximate surface area is 193 Å². The van der Waals surface area contributed by atoms with Gasteiger partial charge in [-0.2, -0.15) is 0 Å². The molecule has 1 N–H and O–H groups in total. The van der Waals surface area contributed by atoms with Crippen molar-refractivity contribution in [3.8, 4) is 22.9 Å². The van der Waals surface area contributed by atoms with E-state index < -0.39 is 4.92 Å². The van der Waals surface area contributed by atoms with E-state index in [9.17, 15) is 14.9 Å². The van der Waals surface area contributed by atoms with Gasteiger partial charge >= 0.3 is 0 Å². The molecule has 0 atom stereocenters. The van der Waals surface area contributed by atoms with E-state index in [0.29, 0.717) is 39.5 Å². The molecule has 12 heteroatoms. The smallest absolute Gasteiger partial charge is 0.273 e. The number of carbonyl (C=O) groups excluding carboxylic acids is 1. The SMILES string of the molecule is CCn1c(SCC(=O)Nc2ccc([N+](=O)[O-])cc2OC)nnc1-c1cc(Cl)ccc1OC. The molecule has 1 amide bonds. The number of nitro groups is 1. The van der Waals surface area contributed by atoms with Crippen LogP contribution in [0.2, 0.25) is 5.02 Å². The van der Waals surface area contributed by atoms with Gasteiger partial charge in [0, 0.05) is 17.6 Å². The van der Waals surface area contributed by atoms with Gasteiger partial charge in [0.25, 0.3) is 5.69 Å². The predicted octanol–water partition coefficient (Wildman–Crippen LogP) is 4.27. The van der Waals surface area contributed by atoms with Gasteiger partial charge in [-0.05, 0) is 31.2 Å². The Hall–Kier alpha value is -3.31. The summed E-state index contributed by atoms with van der Waals surface area (Å²) in [6.07, 6.45) is 0. The molecule has 32 heavy (non-hydrogen) atoms. The first kappa shape index (κ1) is 23.4. The fourth-order valence-corrected chi connectivity index (χ4v) is 3.92. The quantitative estimate of drug-likeness (QED) is 0.275. The van der Waals surface area contributed by atoms with Crippen LogP contribution >= 0.6 is 23.4 Å². The lowest BCUT2D eigenvalue weighted by atomic mass is 10.2. The summed E-state index contributed by atoms with van der Waals surface area (Å²) in [5, 5.41) is 23.2. The van der Waals surface area contributed by atoms with Gasteiger partial charge < -0.3 is 19.4 Å². The van der Waals surface area contributed by atoms with E-state index in [4.69, 9.17) is 21.1 Å². The summed E-state index contributed by atoms with van der Waals surface area (Å²) in [4.78, 5) is 22.9. The lowest BCUT2D eigenvalue weighted by Gasteiger charge is -2.11. The third-order valence-corrected chi connectivity index (χ3v) is 5.64. The number of hydrogen-bond donors (Lipinski definition) is 1. The minimum atomic E-state index is -0.534. The van der Waals surface area contributed by atoms with Crippen molar-refractivity contribution < 1.29 is 19.2 Å². The summed E-state index contributed by atoms with van der Waals surface area (Å²) in [6.45, 7) is 2.51. The molecular weight excluding hydrogens is 458 g/mol. The molecule has 1 aromatic heterocycles. The Bertz CT molecular complexity index is 1150. The van der Waals surface area contributed by atoms with Gasteiger partial charge in [0.15, 0.2) is 11.0 Å². The second-order valence-corrected chi connectivity index (χ2v) is 7.75. The number of thioether (sulfide) groups is 1. The number of halogens is 1. The largest absolute Gasteiger partial charge is 0.496 e. The van der Waals surface area contributed by atoms with E-state index in [2.05, 4.69) is 15.5 Å². The van der Waals surface area contributed by atoms with Crippen LogP contribution in [0.4, 0.5) is 11.4 Å². The van der Waals surface area contributed by atoms with Gasteiger partial charge in [-0.25, -0.2) is 0 Å². The average Bonchev–Trinajstić information content (AvgIpc) is 3.20. The highest BCUT2D eigenvalue weighted by molar-refractivity contribution is 7.99. The molecule has 1 heterocycles. The Morgan fingerprint density at radius 1 is 1.19 bits per heavy atom. The number of aromatic nitrogens is 3. The van der Waals surface area contributed by atoms with Crippen molar-refractivity contribution in [2.45, 2.75) is 18.6 Å². The molecule has 0 unspecified atom stereocenters. The third kappa shape index (κ3) is 5.11. The van der Waals surface area contributed by atoms with Gasteiger partial charge in [-0.3, -0.25) is 14.9 Å². The predicted molar refractivity (Wildman–Crippen MR) is 122 cm³/mol. The van der Waals surface area contributed by atoms with Gasteiger partial charge in [-0.1, -0.05) is 23.4 Å². The van der Waals surface area contributed by atoms with Crippen LogP contribution in [0.5, 0.6) is 11.5 Å². The van der Waals surface area contributed by atoms with E-state index in [1.54, 1.807) is 25.3 Å². The summed E-state index contributed by atoms with van der Waals surface area (Å²) < 4.78 is 12.4. The van der Waals surface area contributed by atoms with Crippen molar-refractivity contribution in [1.29, 1.82) is 0 Å². The number of nitro benzene ring substituents is 1. The van der Waals surface area contributed by atoms with Crippen LogP contribution < -0.4 is 14.8 Å². The first-order valence-corrected chi connectivity index (χ1v) is 10.8. The number of methoxy groups -OCH3 is 2. The molecule has 0 aliphatic rings. The zero-order valence-electron chi connectivity index (χ0n) is 17.5. The minimum absolute atomic E-state index is 0.0466. The van der Waals surface area contributed by atoms with Crippen molar-refractivity contribution in [3.63, 3.8) is 0 Å². The van der Waals surface area contributed by atoms with Crippen LogP contribution in [0.25, 0.3) is 11.4 Å². The van der Waals surface area contributed by atoms with Crippen LogP contribution in [0, 0.1) is 10.1 Å². The first-order chi connectivity index (χ1) is 15.4. The third-order valence-electron chi connectivity index (χ3n) is 4.44. The molecule has 3 aromatic rings. The molecule has 10 nitrogen and oxygen atoms in total. The number of hydrogen-bond acceptors (Lipinski definition) is 8. The fourth-order valence-electron chi connectivity index (χ4n) is 2.95. The molecule has 0 aliphatic carbocycles. The Morgan fingerprint density at radius 2 is 1.94 bits per heavy atom. The van der Waals surface area contributed by atoms with E-state index in [0.717, 1.165) is 0 Å². The lowest BCUT2D eigenvalue weighted by molar-refractivity contribution is -0.384. The van der Waals surface area contributed by atoms with E-state index >= 15 is 0 Å². The zero-order chi connectivity index (χ0) is 23.3. The maximum atomic E-state index is 12.5. The van der Waals surface area contributed by atoms with Gasteiger partial charge in [0.2, 0.25) is 5.91 Å². The molecule has 0 saturated carbocycles. The van der Waals surface area contributed by atoms with Crippen molar-refractivity contribution in [1.82, 2.24) is 14.8 Å². The number of carbonyl (C=O) groups is 1. The summed E-state index contributed by atoms with van der Waals surface area (Å²) in [7, 11) is 2.94. The normalized spacial score (nSPS) is 10.6. The Morgan fingerprint density at radius 3 is 2.59 bits per heavy atom. The monoisotopic (exact) mass is 477 g/mol. The van der Waals surface area contributed by atoms with Gasteiger partial charge in [-0.15, -0.1) is 10.2 Å². The standard InChI is InChI=1S/C20H20ClN5O5S/c1-4-25-19(14-9-12(21)5-8-16(14)30-2)23-24-20(25)32-11-18(27)22-15-7-6-13(26(28)29)10-17(15)31-3/h5-10H,4,11H2,1-3H3,(H,22,27). The second kappa shape index (κ2) is 10.3. The Kier molecular flexibility index (Phi) is 7.54. The number of nitrogens with one attached hydrogen (secondary N) is 1. The number of amides is 1. The van der Waals surface area contributed by atoms with Crippen molar-refractivity contribution >= 4 is 40.6 Å². The molecule has 0 bridgehead atoms. The molecule has 168 valence electrons. The second-order valence-electron chi connectivity index (χ2n) is 6.37.